The maximum Gasteiger partial charge on any atom is 0.505 e. The van der Waals surface area contributed by atoms with Gasteiger partial charge >= 0.3 is 11.7 Å². The highest BCUT2D eigenvalue weighted by atomic mass is 35.5. The van der Waals surface area contributed by atoms with Crippen LogP contribution in [0.25, 0.3) is 32.9 Å². The normalized spacial score (nSPS) is 14.7. The maximum absolute atomic E-state index is 14.9. The van der Waals surface area contributed by atoms with Gasteiger partial charge in [0.05, 0.1) is 34.0 Å². The van der Waals surface area contributed by atoms with Crippen LogP contribution in [0.2, 0.25) is 10.0 Å². The Bertz CT molecular complexity index is 2310. The molecule has 49 heavy (non-hydrogen) atoms. The van der Waals surface area contributed by atoms with Gasteiger partial charge in [0.15, 0.2) is 0 Å². The van der Waals surface area contributed by atoms with Crippen molar-refractivity contribution < 1.29 is 13.7 Å². The first-order chi connectivity index (χ1) is 23.4. The van der Waals surface area contributed by atoms with E-state index in [1.165, 1.54) is 0 Å². The van der Waals surface area contributed by atoms with Crippen molar-refractivity contribution in [1.82, 2.24) is 18.9 Å². The van der Waals surface area contributed by atoms with Crippen LogP contribution >= 0.6 is 23.2 Å². The molecule has 3 aromatic carbocycles. The van der Waals surface area contributed by atoms with Gasteiger partial charge in [-0.1, -0.05) is 29.3 Å². The number of ether oxygens (including phenoxy) is 1. The van der Waals surface area contributed by atoms with Gasteiger partial charge in [-0.05, 0) is 88.4 Å². The Labute approximate surface area is 299 Å². The SMILES string of the molecule is Cc1cc(OCCCc2c3n(c4c(-c5c(C)nn(C)c5C)c(Cl)ccc24)[C@H](C)CN(c2cn(C)c4cc([S+]=O)ccc24)C3=O)cc(C)c1Cl. The first-order valence-electron chi connectivity index (χ1n) is 16.4. The van der Waals surface area contributed by atoms with Crippen LogP contribution in [0.1, 0.15) is 58.0 Å². The molecule has 0 N–H and O–H groups in total. The van der Waals surface area contributed by atoms with Crippen LogP contribution in [0.3, 0.4) is 0 Å². The van der Waals surface area contributed by atoms with Crippen LogP contribution in [0.4, 0.5) is 5.69 Å². The molecule has 0 bridgehead atoms. The molecule has 7 rings (SSSR count). The average molecular weight is 716 g/mol. The number of carbonyl (C=O) groups is 1. The summed E-state index contributed by atoms with van der Waals surface area (Å²) in [6.45, 7) is 11.1. The number of benzene rings is 3. The second-order valence-corrected chi connectivity index (χ2v) is 14.6. The fourth-order valence-corrected chi connectivity index (χ4v) is 8.19. The highest BCUT2D eigenvalue weighted by molar-refractivity contribution is 7.65. The molecule has 0 aliphatic carbocycles. The molecule has 3 aromatic heterocycles. The predicted molar refractivity (Wildman–Crippen MR) is 199 cm³/mol. The van der Waals surface area contributed by atoms with E-state index < -0.39 is 0 Å². The molecule has 0 spiro atoms. The topological polar surface area (TPSA) is 74.3 Å². The summed E-state index contributed by atoms with van der Waals surface area (Å²) in [6.07, 6.45) is 3.31. The molecule has 0 fully saturated rings. The monoisotopic (exact) mass is 714 g/mol. The fraction of sp³-hybridized carbons (Fsp3) is 0.316. The van der Waals surface area contributed by atoms with Crippen molar-refractivity contribution in [2.75, 3.05) is 18.1 Å². The molecule has 8 nitrogen and oxygen atoms in total. The van der Waals surface area contributed by atoms with Gasteiger partial charge in [0.1, 0.15) is 11.4 Å². The van der Waals surface area contributed by atoms with E-state index in [0.29, 0.717) is 53.3 Å². The summed E-state index contributed by atoms with van der Waals surface area (Å²) in [5, 5.41) is 8.03. The maximum atomic E-state index is 14.9. The number of hydrogen-bond donors (Lipinski definition) is 0. The van der Waals surface area contributed by atoms with Crippen molar-refractivity contribution in [3.8, 4) is 16.9 Å². The Balaban J connectivity index is 1.37. The zero-order chi connectivity index (χ0) is 34.9. The van der Waals surface area contributed by atoms with Gasteiger partial charge in [-0.25, -0.2) is 0 Å². The summed E-state index contributed by atoms with van der Waals surface area (Å²) in [7, 11) is 3.89. The number of hydrogen-bond acceptors (Lipinski definition) is 4. The number of aryl methyl sites for hydroxylation is 6. The number of nitrogens with zero attached hydrogens (tertiary/aromatic N) is 5. The molecule has 252 valence electrons. The van der Waals surface area contributed by atoms with Crippen LogP contribution in [-0.4, -0.2) is 38.0 Å². The van der Waals surface area contributed by atoms with Crippen LogP contribution in [0.5, 0.6) is 5.75 Å². The lowest BCUT2D eigenvalue weighted by molar-refractivity contribution is 0.0957. The molecule has 1 atom stereocenters. The lowest BCUT2D eigenvalue weighted by Gasteiger charge is -2.34. The minimum Gasteiger partial charge on any atom is -0.494 e. The highest BCUT2D eigenvalue weighted by Crippen LogP contribution is 2.45. The average Bonchev–Trinajstić information content (AvgIpc) is 3.67. The van der Waals surface area contributed by atoms with Gasteiger partial charge in [0.25, 0.3) is 10.8 Å². The Hall–Kier alpha value is -4.18. The van der Waals surface area contributed by atoms with Gasteiger partial charge < -0.3 is 18.8 Å². The van der Waals surface area contributed by atoms with E-state index in [1.807, 2.05) is 91.6 Å². The third-order valence-electron chi connectivity index (χ3n) is 9.89. The zero-order valence-electron chi connectivity index (χ0n) is 28.6. The molecular formula is C38H38Cl2N5O3S+. The second-order valence-electron chi connectivity index (χ2n) is 13.2. The van der Waals surface area contributed by atoms with Gasteiger partial charge in [-0.2, -0.15) is 5.10 Å². The number of amides is 1. The van der Waals surface area contributed by atoms with Crippen LogP contribution in [0, 0.1) is 27.7 Å². The van der Waals surface area contributed by atoms with Crippen molar-refractivity contribution in [3.05, 3.63) is 92.5 Å². The molecule has 1 amide bonds. The van der Waals surface area contributed by atoms with E-state index in [0.717, 1.165) is 77.5 Å². The second kappa shape index (κ2) is 12.6. The highest BCUT2D eigenvalue weighted by Gasteiger charge is 2.37. The number of carbonyl (C=O) groups excluding carboxylic acids is 1. The number of anilines is 1. The van der Waals surface area contributed by atoms with Gasteiger partial charge in [-0.3, -0.25) is 9.48 Å². The Morgan fingerprint density at radius 2 is 1.69 bits per heavy atom. The molecule has 6 aromatic rings. The van der Waals surface area contributed by atoms with E-state index in [1.54, 1.807) is 0 Å². The quantitative estimate of drug-likeness (QED) is 0.116. The summed E-state index contributed by atoms with van der Waals surface area (Å²) in [5.41, 5.74) is 10.1. The molecule has 0 saturated heterocycles. The molecule has 0 radical (unpaired) electrons. The van der Waals surface area contributed by atoms with Gasteiger partial charge in [0, 0.05) is 81.8 Å². The summed E-state index contributed by atoms with van der Waals surface area (Å²) in [4.78, 5) is 17.4. The van der Waals surface area contributed by atoms with Crippen LogP contribution in [0.15, 0.2) is 53.6 Å². The van der Waals surface area contributed by atoms with Crippen molar-refractivity contribution in [2.45, 2.75) is 58.4 Å². The Morgan fingerprint density at radius 3 is 2.37 bits per heavy atom. The summed E-state index contributed by atoms with van der Waals surface area (Å²) < 4.78 is 23.9. The minimum absolute atomic E-state index is 0.0642. The molecule has 1 aliphatic rings. The lowest BCUT2D eigenvalue weighted by atomic mass is 9.98. The van der Waals surface area contributed by atoms with Gasteiger partial charge in [0.2, 0.25) is 0 Å². The third kappa shape index (κ3) is 5.43. The predicted octanol–water partition coefficient (Wildman–Crippen LogP) is 9.09. The van der Waals surface area contributed by atoms with E-state index in [-0.39, 0.29) is 11.9 Å². The molecule has 0 saturated carbocycles. The van der Waals surface area contributed by atoms with Crippen LogP contribution < -0.4 is 9.64 Å². The standard InChI is InChI=1S/C38H38Cl2N5O3S/c1-20-15-25(16-21(2)35(20)40)48-14-8-9-27-28-12-13-30(39)34(33-23(4)41-43(7)24(33)5)36(28)45-22(3)18-44(38(46)37(27)45)32-19-42(6)31-17-26(49-47)10-11-29(31)32/h10-13,15-17,19,22H,8-9,14,18H2,1-7H3/q+1/t22-/m1/s1. The van der Waals surface area contributed by atoms with E-state index in [2.05, 4.69) is 24.5 Å². The summed E-state index contributed by atoms with van der Waals surface area (Å²) >= 11 is 13.9. The molecule has 1 aliphatic heterocycles. The largest absolute Gasteiger partial charge is 0.505 e. The van der Waals surface area contributed by atoms with E-state index in [4.69, 9.17) is 33.0 Å². The third-order valence-corrected chi connectivity index (χ3v) is 11.2. The van der Waals surface area contributed by atoms with Crippen LogP contribution in [-0.2, 0) is 36.4 Å². The van der Waals surface area contributed by atoms with Crippen molar-refractivity contribution in [3.63, 3.8) is 0 Å². The first kappa shape index (κ1) is 33.3. The fourth-order valence-electron chi connectivity index (χ4n) is 7.55. The number of fused-ring (bicyclic) bond motifs is 4. The molecule has 0 unspecified atom stereocenters. The lowest BCUT2D eigenvalue weighted by Crippen LogP contribution is -2.42. The first-order valence-corrected chi connectivity index (χ1v) is 17.9. The van der Waals surface area contributed by atoms with Crippen molar-refractivity contribution >= 4 is 68.3 Å². The number of aromatic nitrogens is 4. The number of halogens is 2. The number of rotatable bonds is 8. The molecular weight excluding hydrogens is 677 g/mol. The van der Waals surface area contributed by atoms with Crippen molar-refractivity contribution in [1.29, 1.82) is 0 Å². The van der Waals surface area contributed by atoms with E-state index in [9.17, 15) is 9.00 Å². The Kier molecular flexibility index (Phi) is 8.58. The summed E-state index contributed by atoms with van der Waals surface area (Å²) in [6, 6.07) is 13.5. The Morgan fingerprint density at radius 1 is 0.980 bits per heavy atom. The van der Waals surface area contributed by atoms with Gasteiger partial charge in [-0.15, -0.1) is 0 Å². The minimum atomic E-state index is -0.0681. The van der Waals surface area contributed by atoms with Crippen molar-refractivity contribution in [2.24, 2.45) is 14.1 Å². The van der Waals surface area contributed by atoms with E-state index >= 15 is 0 Å². The smallest absolute Gasteiger partial charge is 0.494 e. The summed E-state index contributed by atoms with van der Waals surface area (Å²) in [5.74, 6) is 0.718. The molecule has 4 heterocycles. The zero-order valence-corrected chi connectivity index (χ0v) is 31.0. The molecule has 11 heteroatoms.